The highest BCUT2D eigenvalue weighted by atomic mass is 32.1. The highest BCUT2D eigenvalue weighted by Crippen LogP contribution is 2.21. The summed E-state index contributed by atoms with van der Waals surface area (Å²) in [6, 6.07) is 10.5. The monoisotopic (exact) mass is 203 g/mol. The van der Waals surface area contributed by atoms with Crippen LogP contribution in [-0.4, -0.2) is 0 Å². The van der Waals surface area contributed by atoms with E-state index in [1.165, 1.54) is 16.7 Å². The summed E-state index contributed by atoms with van der Waals surface area (Å²) in [5.74, 6) is 0. The largest absolute Gasteiger partial charge is 0.320 e. The molecule has 0 aliphatic heterocycles. The van der Waals surface area contributed by atoms with E-state index in [-0.39, 0.29) is 6.04 Å². The first-order chi connectivity index (χ1) is 6.77. The van der Waals surface area contributed by atoms with E-state index in [2.05, 4.69) is 48.0 Å². The number of benzene rings is 1. The van der Waals surface area contributed by atoms with Gasteiger partial charge in [0.05, 0.1) is 6.04 Å². The number of aryl methyl sites for hydroxylation is 1. The number of hydrogen-bond donors (Lipinski definition) is 1. The number of hydrogen-bond acceptors (Lipinski definition) is 2. The first-order valence-electron chi connectivity index (χ1n) is 4.61. The molecule has 14 heavy (non-hydrogen) atoms. The zero-order valence-electron chi connectivity index (χ0n) is 8.10. The van der Waals surface area contributed by atoms with Crippen LogP contribution >= 0.6 is 11.3 Å². The van der Waals surface area contributed by atoms with Crippen molar-refractivity contribution in [3.63, 3.8) is 0 Å². The molecule has 0 aliphatic carbocycles. The van der Waals surface area contributed by atoms with Crippen LogP contribution in [-0.2, 0) is 0 Å². The minimum Gasteiger partial charge on any atom is -0.320 e. The molecule has 72 valence electrons. The van der Waals surface area contributed by atoms with Gasteiger partial charge in [0.1, 0.15) is 0 Å². The minimum absolute atomic E-state index is 0.0150. The summed E-state index contributed by atoms with van der Waals surface area (Å²) in [5, 5.41) is 4.16. The van der Waals surface area contributed by atoms with E-state index >= 15 is 0 Å². The molecule has 2 aromatic rings. The lowest BCUT2D eigenvalue weighted by atomic mass is 10.0. The van der Waals surface area contributed by atoms with Crippen LogP contribution in [0.25, 0.3) is 0 Å². The third-order valence-corrected chi connectivity index (χ3v) is 3.01. The maximum atomic E-state index is 6.14. The summed E-state index contributed by atoms with van der Waals surface area (Å²) in [6.45, 7) is 2.09. The Kier molecular flexibility index (Phi) is 2.66. The second-order valence-electron chi connectivity index (χ2n) is 3.45. The van der Waals surface area contributed by atoms with Crippen LogP contribution in [0.5, 0.6) is 0 Å². The number of rotatable bonds is 2. The van der Waals surface area contributed by atoms with Crippen LogP contribution in [0.4, 0.5) is 0 Å². The van der Waals surface area contributed by atoms with E-state index in [1.54, 1.807) is 11.3 Å². The fourth-order valence-corrected chi connectivity index (χ4v) is 2.20. The zero-order valence-corrected chi connectivity index (χ0v) is 8.92. The Labute approximate surface area is 88.2 Å². The topological polar surface area (TPSA) is 26.0 Å². The Balaban J connectivity index is 2.32. The van der Waals surface area contributed by atoms with Crippen molar-refractivity contribution in [2.45, 2.75) is 13.0 Å². The van der Waals surface area contributed by atoms with E-state index in [0.717, 1.165) is 0 Å². The fourth-order valence-electron chi connectivity index (χ4n) is 1.51. The van der Waals surface area contributed by atoms with Gasteiger partial charge in [-0.15, -0.1) is 0 Å². The molecule has 1 unspecified atom stereocenters. The lowest BCUT2D eigenvalue weighted by molar-refractivity contribution is 0.875. The Morgan fingerprint density at radius 1 is 1.21 bits per heavy atom. The molecule has 0 aliphatic rings. The Morgan fingerprint density at radius 3 is 2.71 bits per heavy atom. The van der Waals surface area contributed by atoms with E-state index in [9.17, 15) is 0 Å². The Hall–Kier alpha value is -1.12. The van der Waals surface area contributed by atoms with Gasteiger partial charge in [-0.05, 0) is 34.9 Å². The number of nitrogens with two attached hydrogens (primary N) is 1. The average Bonchev–Trinajstić information content (AvgIpc) is 2.69. The van der Waals surface area contributed by atoms with Gasteiger partial charge in [0.25, 0.3) is 0 Å². The standard InChI is InChI=1S/C12H13NS/c1-9-3-2-4-10(7-9)12(13)11-5-6-14-8-11/h2-8,12H,13H2,1H3. The summed E-state index contributed by atoms with van der Waals surface area (Å²) in [7, 11) is 0. The van der Waals surface area contributed by atoms with Crippen molar-refractivity contribution < 1.29 is 0 Å². The number of thiophene rings is 1. The molecule has 1 heterocycles. The lowest BCUT2D eigenvalue weighted by Gasteiger charge is -2.10. The van der Waals surface area contributed by atoms with Crippen LogP contribution in [0.3, 0.4) is 0 Å². The predicted molar refractivity (Wildman–Crippen MR) is 61.5 cm³/mol. The molecule has 2 N–H and O–H groups in total. The van der Waals surface area contributed by atoms with Crippen LogP contribution in [0, 0.1) is 6.92 Å². The molecule has 1 aromatic heterocycles. The van der Waals surface area contributed by atoms with Crippen molar-refractivity contribution >= 4 is 11.3 Å². The van der Waals surface area contributed by atoms with Gasteiger partial charge in [0, 0.05) is 0 Å². The van der Waals surface area contributed by atoms with Crippen molar-refractivity contribution in [2.24, 2.45) is 5.73 Å². The van der Waals surface area contributed by atoms with Gasteiger partial charge < -0.3 is 5.73 Å². The Bertz CT molecular complexity index is 406. The van der Waals surface area contributed by atoms with Gasteiger partial charge in [0.15, 0.2) is 0 Å². The maximum absolute atomic E-state index is 6.14. The van der Waals surface area contributed by atoms with Crippen molar-refractivity contribution in [1.29, 1.82) is 0 Å². The van der Waals surface area contributed by atoms with Crippen LogP contribution < -0.4 is 5.73 Å². The van der Waals surface area contributed by atoms with Gasteiger partial charge in [-0.2, -0.15) is 11.3 Å². The van der Waals surface area contributed by atoms with Gasteiger partial charge in [-0.25, -0.2) is 0 Å². The first-order valence-corrected chi connectivity index (χ1v) is 5.56. The first kappa shape index (κ1) is 9.44. The molecule has 0 fully saturated rings. The molecule has 1 atom stereocenters. The van der Waals surface area contributed by atoms with Crippen molar-refractivity contribution in [1.82, 2.24) is 0 Å². The highest BCUT2D eigenvalue weighted by Gasteiger charge is 2.08. The second kappa shape index (κ2) is 3.95. The SMILES string of the molecule is Cc1cccc(C(N)c2ccsc2)c1. The van der Waals surface area contributed by atoms with Gasteiger partial charge in [0.2, 0.25) is 0 Å². The maximum Gasteiger partial charge on any atom is 0.0559 e. The molecule has 1 nitrogen and oxygen atoms in total. The normalized spacial score (nSPS) is 12.7. The van der Waals surface area contributed by atoms with E-state index < -0.39 is 0 Å². The van der Waals surface area contributed by atoms with Crippen LogP contribution in [0.2, 0.25) is 0 Å². The van der Waals surface area contributed by atoms with E-state index in [0.29, 0.717) is 0 Å². The molecule has 0 saturated carbocycles. The summed E-state index contributed by atoms with van der Waals surface area (Å²) in [5.41, 5.74) is 9.77. The van der Waals surface area contributed by atoms with Gasteiger partial charge >= 0.3 is 0 Å². The molecule has 0 spiro atoms. The zero-order chi connectivity index (χ0) is 9.97. The molecular formula is C12H13NS. The van der Waals surface area contributed by atoms with E-state index in [4.69, 9.17) is 5.73 Å². The highest BCUT2D eigenvalue weighted by molar-refractivity contribution is 7.08. The predicted octanol–water partition coefficient (Wildman–Crippen LogP) is 3.10. The molecular weight excluding hydrogens is 190 g/mol. The van der Waals surface area contributed by atoms with Crippen molar-refractivity contribution in [3.8, 4) is 0 Å². The average molecular weight is 203 g/mol. The summed E-state index contributed by atoms with van der Waals surface area (Å²) < 4.78 is 0. The Morgan fingerprint density at radius 2 is 2.07 bits per heavy atom. The fraction of sp³-hybridized carbons (Fsp3) is 0.167. The van der Waals surface area contributed by atoms with Crippen molar-refractivity contribution in [2.75, 3.05) is 0 Å². The van der Waals surface area contributed by atoms with Crippen LogP contribution in [0.1, 0.15) is 22.7 Å². The third kappa shape index (κ3) is 1.86. The molecule has 0 saturated heterocycles. The molecule has 1 aromatic carbocycles. The smallest absolute Gasteiger partial charge is 0.0559 e. The quantitative estimate of drug-likeness (QED) is 0.797. The summed E-state index contributed by atoms with van der Waals surface area (Å²) in [6.07, 6.45) is 0. The molecule has 2 heteroatoms. The molecule has 0 bridgehead atoms. The van der Waals surface area contributed by atoms with Crippen molar-refractivity contribution in [3.05, 3.63) is 57.8 Å². The molecule has 2 rings (SSSR count). The third-order valence-electron chi connectivity index (χ3n) is 2.30. The molecule has 0 radical (unpaired) electrons. The minimum atomic E-state index is 0.0150. The van der Waals surface area contributed by atoms with E-state index in [1.807, 2.05) is 0 Å². The van der Waals surface area contributed by atoms with Gasteiger partial charge in [-0.1, -0.05) is 29.8 Å². The second-order valence-corrected chi connectivity index (χ2v) is 4.23. The lowest BCUT2D eigenvalue weighted by Crippen LogP contribution is -2.10. The molecule has 0 amide bonds. The van der Waals surface area contributed by atoms with Gasteiger partial charge in [-0.3, -0.25) is 0 Å². The van der Waals surface area contributed by atoms with Crippen LogP contribution in [0.15, 0.2) is 41.1 Å². The summed E-state index contributed by atoms with van der Waals surface area (Å²) in [4.78, 5) is 0. The summed E-state index contributed by atoms with van der Waals surface area (Å²) >= 11 is 1.69.